The minimum Gasteiger partial charge on any atom is -0.507 e. The molecule has 27 heavy (non-hydrogen) atoms. The molecule has 5 heteroatoms. The average Bonchev–Trinajstić information content (AvgIpc) is 3.28. The van der Waals surface area contributed by atoms with Crippen molar-refractivity contribution in [2.45, 2.75) is 13.1 Å². The number of fused-ring (bicyclic) bond motifs is 1. The van der Waals surface area contributed by atoms with E-state index in [-0.39, 0.29) is 11.5 Å². The molecule has 2 aromatic carbocycles. The van der Waals surface area contributed by atoms with Crippen LogP contribution in [0.1, 0.15) is 26.4 Å². The summed E-state index contributed by atoms with van der Waals surface area (Å²) in [5.41, 5.74) is 2.31. The maximum atomic E-state index is 12.7. The van der Waals surface area contributed by atoms with Gasteiger partial charge in [-0.2, -0.15) is 0 Å². The predicted molar refractivity (Wildman–Crippen MR) is 107 cm³/mol. The molecule has 4 nitrogen and oxygen atoms in total. The summed E-state index contributed by atoms with van der Waals surface area (Å²) in [7, 11) is 1.98. The molecule has 0 atom stereocenters. The van der Waals surface area contributed by atoms with Crippen LogP contribution in [0.4, 0.5) is 0 Å². The average molecular weight is 377 g/mol. The number of carbonyl (C=O) groups excluding carboxylic acids is 1. The van der Waals surface area contributed by atoms with Gasteiger partial charge in [-0.3, -0.25) is 9.69 Å². The van der Waals surface area contributed by atoms with E-state index < -0.39 is 0 Å². The molecule has 2 heterocycles. The largest absolute Gasteiger partial charge is 0.507 e. The highest BCUT2D eigenvalue weighted by Gasteiger charge is 2.31. The molecule has 0 amide bonds. The number of phenols is 1. The van der Waals surface area contributed by atoms with Gasteiger partial charge in [-0.25, -0.2) is 0 Å². The Hall–Kier alpha value is -2.89. The molecule has 0 aliphatic carbocycles. The summed E-state index contributed by atoms with van der Waals surface area (Å²) in [6.07, 6.45) is 1.75. The maximum Gasteiger partial charge on any atom is 0.232 e. The molecule has 0 saturated heterocycles. The van der Waals surface area contributed by atoms with Crippen molar-refractivity contribution >= 4 is 23.2 Å². The van der Waals surface area contributed by atoms with Crippen LogP contribution in [0.15, 0.2) is 65.7 Å². The lowest BCUT2D eigenvalue weighted by molar-refractivity contribution is 0.101. The highest BCUT2D eigenvalue weighted by Crippen LogP contribution is 2.40. The van der Waals surface area contributed by atoms with Crippen LogP contribution in [-0.4, -0.2) is 22.8 Å². The second-order valence-electron chi connectivity index (χ2n) is 6.55. The molecule has 1 aliphatic heterocycles. The molecule has 1 N–H and O–H groups in total. The summed E-state index contributed by atoms with van der Waals surface area (Å²) >= 11 is 1.54. The molecule has 136 valence electrons. The van der Waals surface area contributed by atoms with E-state index >= 15 is 0 Å². The third-order valence-corrected chi connectivity index (χ3v) is 5.28. The fourth-order valence-electron chi connectivity index (χ4n) is 3.17. The number of ether oxygens (including phenoxy) is 1. The topological polar surface area (TPSA) is 49.8 Å². The van der Waals surface area contributed by atoms with E-state index in [4.69, 9.17) is 4.74 Å². The summed E-state index contributed by atoms with van der Waals surface area (Å²) in [4.78, 5) is 15.7. The molecule has 4 rings (SSSR count). The number of allylic oxidation sites excluding steroid dienone is 1. The van der Waals surface area contributed by atoms with Crippen LogP contribution < -0.4 is 4.74 Å². The van der Waals surface area contributed by atoms with Crippen molar-refractivity contribution in [3.05, 3.63) is 87.3 Å². The molecule has 1 aromatic heterocycles. The molecule has 0 fully saturated rings. The zero-order valence-corrected chi connectivity index (χ0v) is 15.7. The van der Waals surface area contributed by atoms with E-state index in [0.29, 0.717) is 29.2 Å². The third-order valence-electron chi connectivity index (χ3n) is 4.46. The third kappa shape index (κ3) is 3.65. The van der Waals surface area contributed by atoms with Gasteiger partial charge in [0.25, 0.3) is 0 Å². The Morgan fingerprint density at radius 1 is 1.07 bits per heavy atom. The molecule has 0 unspecified atom stereocenters. The summed E-state index contributed by atoms with van der Waals surface area (Å²) in [6.45, 7) is 1.21. The second-order valence-corrected chi connectivity index (χ2v) is 7.53. The lowest BCUT2D eigenvalue weighted by atomic mass is 10.0. The molecule has 1 aliphatic rings. The Labute approximate surface area is 162 Å². The first-order chi connectivity index (χ1) is 13.1. The van der Waals surface area contributed by atoms with E-state index in [0.717, 1.165) is 11.4 Å². The predicted octanol–water partition coefficient (Wildman–Crippen LogP) is 4.70. The van der Waals surface area contributed by atoms with E-state index in [9.17, 15) is 9.90 Å². The van der Waals surface area contributed by atoms with Gasteiger partial charge in [0.15, 0.2) is 5.76 Å². The Balaban J connectivity index is 1.60. The Bertz CT molecular complexity index is 994. The number of hydrogen-bond donors (Lipinski definition) is 1. The number of carbonyl (C=O) groups is 1. The first-order valence-corrected chi connectivity index (χ1v) is 9.55. The minimum atomic E-state index is -0.148. The number of thiophene rings is 1. The van der Waals surface area contributed by atoms with Crippen molar-refractivity contribution < 1.29 is 14.6 Å². The summed E-state index contributed by atoms with van der Waals surface area (Å²) in [5.74, 6) is 0.747. The molecular weight excluding hydrogens is 358 g/mol. The molecule has 3 aromatic rings. The first-order valence-electron chi connectivity index (χ1n) is 8.67. The Morgan fingerprint density at radius 3 is 2.63 bits per heavy atom. The van der Waals surface area contributed by atoms with Crippen molar-refractivity contribution in [3.8, 4) is 11.5 Å². The Morgan fingerprint density at radius 2 is 1.89 bits per heavy atom. The van der Waals surface area contributed by atoms with Crippen molar-refractivity contribution in [2.75, 3.05) is 7.05 Å². The molecular formula is C22H19NO3S. The first kappa shape index (κ1) is 17.5. The van der Waals surface area contributed by atoms with Crippen LogP contribution >= 0.6 is 11.3 Å². The van der Waals surface area contributed by atoms with E-state index in [2.05, 4.69) is 17.0 Å². The summed E-state index contributed by atoms with van der Waals surface area (Å²) in [6, 6.07) is 17.2. The van der Waals surface area contributed by atoms with Gasteiger partial charge in [-0.15, -0.1) is 11.3 Å². The standard InChI is InChI=1S/C22H19NO3S/c1-23(13-15-6-3-2-4-7-15)14-18-19(24)10-9-17-21(25)20(26-22(17)18)12-16-8-5-11-27-16/h2-12,24H,13-14H2,1H3/b20-12+. The summed E-state index contributed by atoms with van der Waals surface area (Å²) < 4.78 is 5.89. The zero-order chi connectivity index (χ0) is 18.8. The molecule has 0 saturated carbocycles. The fraction of sp³-hybridized carbons (Fsp3) is 0.136. The van der Waals surface area contributed by atoms with Crippen LogP contribution in [0.2, 0.25) is 0 Å². The van der Waals surface area contributed by atoms with Gasteiger partial charge < -0.3 is 9.84 Å². The lowest BCUT2D eigenvalue weighted by Gasteiger charge is -2.19. The van der Waals surface area contributed by atoms with Gasteiger partial charge in [0.05, 0.1) is 11.1 Å². The molecule has 0 spiro atoms. The van der Waals surface area contributed by atoms with Crippen LogP contribution in [0, 0.1) is 0 Å². The number of rotatable bonds is 5. The number of Topliss-reactive ketones (excluding diaryl/α,β-unsaturated/α-hetero) is 1. The fourth-order valence-corrected chi connectivity index (χ4v) is 3.82. The smallest absolute Gasteiger partial charge is 0.232 e. The normalized spacial score (nSPS) is 14.6. The van der Waals surface area contributed by atoms with Gasteiger partial charge in [-0.1, -0.05) is 36.4 Å². The van der Waals surface area contributed by atoms with E-state index in [1.165, 1.54) is 5.56 Å². The van der Waals surface area contributed by atoms with Gasteiger partial charge in [0.2, 0.25) is 5.78 Å². The lowest BCUT2D eigenvalue weighted by Crippen LogP contribution is -2.17. The van der Waals surface area contributed by atoms with Crippen molar-refractivity contribution in [2.24, 2.45) is 0 Å². The highest BCUT2D eigenvalue weighted by atomic mass is 32.1. The van der Waals surface area contributed by atoms with Gasteiger partial charge in [0.1, 0.15) is 11.5 Å². The molecule has 0 bridgehead atoms. The number of phenolic OH excluding ortho intramolecular Hbond substituents is 1. The van der Waals surface area contributed by atoms with Crippen LogP contribution in [0.5, 0.6) is 11.5 Å². The maximum absolute atomic E-state index is 12.7. The van der Waals surface area contributed by atoms with Gasteiger partial charge in [0, 0.05) is 24.0 Å². The SMILES string of the molecule is CN(Cc1ccccc1)Cc1c(O)ccc2c1O/C(=C/c1cccs1)C2=O. The number of benzene rings is 2. The van der Waals surface area contributed by atoms with E-state index in [1.807, 2.05) is 42.8 Å². The molecule has 0 radical (unpaired) electrons. The summed E-state index contributed by atoms with van der Waals surface area (Å²) in [5, 5.41) is 12.3. The van der Waals surface area contributed by atoms with Crippen LogP contribution in [-0.2, 0) is 13.1 Å². The zero-order valence-electron chi connectivity index (χ0n) is 14.9. The number of hydrogen-bond acceptors (Lipinski definition) is 5. The second kappa shape index (κ2) is 7.39. The number of aromatic hydroxyl groups is 1. The quantitative estimate of drug-likeness (QED) is 0.655. The van der Waals surface area contributed by atoms with Gasteiger partial charge in [-0.05, 0) is 36.2 Å². The van der Waals surface area contributed by atoms with Gasteiger partial charge >= 0.3 is 0 Å². The van der Waals surface area contributed by atoms with Crippen molar-refractivity contribution in [3.63, 3.8) is 0 Å². The van der Waals surface area contributed by atoms with Crippen LogP contribution in [0.25, 0.3) is 6.08 Å². The monoisotopic (exact) mass is 377 g/mol. The Kier molecular flexibility index (Phi) is 4.79. The number of nitrogens with zero attached hydrogens (tertiary/aromatic N) is 1. The minimum absolute atomic E-state index is 0.138. The van der Waals surface area contributed by atoms with Crippen LogP contribution in [0.3, 0.4) is 0 Å². The highest BCUT2D eigenvalue weighted by molar-refractivity contribution is 7.10. The van der Waals surface area contributed by atoms with Crippen molar-refractivity contribution in [1.29, 1.82) is 0 Å². The number of ketones is 1. The van der Waals surface area contributed by atoms with E-state index in [1.54, 1.807) is 29.5 Å². The van der Waals surface area contributed by atoms with Crippen molar-refractivity contribution in [1.82, 2.24) is 4.90 Å².